The van der Waals surface area contributed by atoms with Crippen LogP contribution in [0.5, 0.6) is 0 Å². The van der Waals surface area contributed by atoms with Gasteiger partial charge in [0.15, 0.2) is 0 Å². The Balaban J connectivity index is 1.74. The highest BCUT2D eigenvalue weighted by Gasteiger charge is 2.02. The van der Waals surface area contributed by atoms with Crippen molar-refractivity contribution < 1.29 is 9.21 Å². The lowest BCUT2D eigenvalue weighted by Gasteiger charge is -2.03. The Morgan fingerprint density at radius 1 is 0.733 bits per heavy atom. The van der Waals surface area contributed by atoms with Crippen molar-refractivity contribution in [2.75, 3.05) is 0 Å². The Morgan fingerprint density at radius 2 is 1.23 bits per heavy atom. The standard InChI is InChI=1S/C28H48O2/c1-2-3-4-5-6-9-12-15-18-22-27(29)23-19-16-13-10-7-8-11-14-17-20-24-28-25-21-26-30-28/h20-21,24-26H,2-19,22-23H2,1H3/b24-20+. The number of carbonyl (C=O) groups is 1. The zero-order valence-corrected chi connectivity index (χ0v) is 19.8. The number of furan rings is 1. The minimum atomic E-state index is 0.501. The summed E-state index contributed by atoms with van der Waals surface area (Å²) in [5.74, 6) is 1.45. The molecule has 30 heavy (non-hydrogen) atoms. The Kier molecular flexibility index (Phi) is 18.7. The van der Waals surface area contributed by atoms with Crippen molar-refractivity contribution in [3.8, 4) is 0 Å². The Hall–Kier alpha value is -1.31. The number of ketones is 1. The second kappa shape index (κ2) is 20.9. The third kappa shape index (κ3) is 17.5. The second-order valence-corrected chi connectivity index (χ2v) is 8.90. The summed E-state index contributed by atoms with van der Waals surface area (Å²) in [6.07, 6.45) is 31.0. The summed E-state index contributed by atoms with van der Waals surface area (Å²) in [6.45, 7) is 2.27. The van der Waals surface area contributed by atoms with Gasteiger partial charge in [0.05, 0.1) is 6.26 Å². The first kappa shape index (κ1) is 26.7. The summed E-state index contributed by atoms with van der Waals surface area (Å²) >= 11 is 0. The molecule has 172 valence electrons. The van der Waals surface area contributed by atoms with Crippen molar-refractivity contribution in [1.29, 1.82) is 0 Å². The molecule has 0 saturated carbocycles. The molecule has 1 aromatic heterocycles. The Labute approximate surface area is 186 Å². The fourth-order valence-corrected chi connectivity index (χ4v) is 3.99. The van der Waals surface area contributed by atoms with Gasteiger partial charge in [-0.2, -0.15) is 0 Å². The first-order valence-corrected chi connectivity index (χ1v) is 13.0. The maximum Gasteiger partial charge on any atom is 0.132 e. The molecule has 0 aliphatic carbocycles. The lowest BCUT2D eigenvalue weighted by atomic mass is 10.0. The molecule has 0 fully saturated rings. The van der Waals surface area contributed by atoms with Gasteiger partial charge in [0, 0.05) is 12.8 Å². The van der Waals surface area contributed by atoms with Crippen LogP contribution < -0.4 is 0 Å². The first-order valence-electron chi connectivity index (χ1n) is 13.0. The van der Waals surface area contributed by atoms with E-state index in [0.717, 1.165) is 37.9 Å². The number of hydrogen-bond donors (Lipinski definition) is 0. The van der Waals surface area contributed by atoms with Crippen LogP contribution in [0.15, 0.2) is 28.9 Å². The van der Waals surface area contributed by atoms with E-state index in [1.807, 2.05) is 12.1 Å². The maximum atomic E-state index is 12.0. The molecule has 1 aromatic rings. The van der Waals surface area contributed by atoms with Gasteiger partial charge in [0.25, 0.3) is 0 Å². The molecular formula is C28H48O2. The predicted octanol–water partition coefficient (Wildman–Crippen LogP) is 9.68. The summed E-state index contributed by atoms with van der Waals surface area (Å²) in [5, 5.41) is 0. The zero-order chi connectivity index (χ0) is 21.5. The number of hydrogen-bond acceptors (Lipinski definition) is 2. The average Bonchev–Trinajstić information content (AvgIpc) is 3.27. The van der Waals surface area contributed by atoms with Crippen molar-refractivity contribution >= 4 is 11.9 Å². The van der Waals surface area contributed by atoms with Crippen LogP contribution in [0.2, 0.25) is 0 Å². The maximum absolute atomic E-state index is 12.0. The fourth-order valence-electron chi connectivity index (χ4n) is 3.99. The molecule has 0 saturated heterocycles. The van der Waals surface area contributed by atoms with Crippen LogP contribution in [0.3, 0.4) is 0 Å². The number of carbonyl (C=O) groups excluding carboxylic acids is 1. The van der Waals surface area contributed by atoms with E-state index in [4.69, 9.17) is 4.42 Å². The lowest BCUT2D eigenvalue weighted by Crippen LogP contribution is -1.97. The molecular weight excluding hydrogens is 368 g/mol. The first-order chi connectivity index (χ1) is 14.8. The molecule has 0 amide bonds. The number of unbranched alkanes of at least 4 members (excludes halogenated alkanes) is 16. The minimum absolute atomic E-state index is 0.501. The normalized spacial score (nSPS) is 11.5. The highest BCUT2D eigenvalue weighted by molar-refractivity contribution is 5.78. The van der Waals surface area contributed by atoms with Gasteiger partial charge in [0.2, 0.25) is 0 Å². The molecule has 0 radical (unpaired) electrons. The summed E-state index contributed by atoms with van der Waals surface area (Å²) < 4.78 is 5.28. The van der Waals surface area contributed by atoms with Crippen molar-refractivity contribution in [3.05, 3.63) is 30.2 Å². The van der Waals surface area contributed by atoms with E-state index in [9.17, 15) is 4.79 Å². The molecule has 0 unspecified atom stereocenters. The number of rotatable bonds is 22. The summed E-state index contributed by atoms with van der Waals surface area (Å²) in [5.41, 5.74) is 0. The summed E-state index contributed by atoms with van der Waals surface area (Å²) in [6, 6.07) is 3.91. The Bertz CT molecular complexity index is 501. The van der Waals surface area contributed by atoms with Gasteiger partial charge in [-0.15, -0.1) is 0 Å². The van der Waals surface area contributed by atoms with E-state index in [-0.39, 0.29) is 0 Å². The van der Waals surface area contributed by atoms with Gasteiger partial charge in [-0.25, -0.2) is 0 Å². The van der Waals surface area contributed by atoms with Gasteiger partial charge in [-0.05, 0) is 43.9 Å². The largest absolute Gasteiger partial charge is 0.465 e. The van der Waals surface area contributed by atoms with Crippen LogP contribution in [-0.2, 0) is 4.79 Å². The fraction of sp³-hybridized carbons (Fsp3) is 0.750. The highest BCUT2D eigenvalue weighted by Crippen LogP contribution is 2.14. The molecule has 0 aliphatic rings. The lowest BCUT2D eigenvalue weighted by molar-refractivity contribution is -0.119. The zero-order valence-electron chi connectivity index (χ0n) is 19.8. The molecule has 2 nitrogen and oxygen atoms in total. The molecule has 2 heteroatoms. The van der Waals surface area contributed by atoms with Crippen LogP contribution in [0.4, 0.5) is 0 Å². The van der Waals surface area contributed by atoms with Crippen LogP contribution in [-0.4, -0.2) is 5.78 Å². The van der Waals surface area contributed by atoms with E-state index < -0.39 is 0 Å². The summed E-state index contributed by atoms with van der Waals surface area (Å²) in [4.78, 5) is 12.0. The van der Waals surface area contributed by atoms with Gasteiger partial charge < -0.3 is 4.42 Å². The molecule has 0 aromatic carbocycles. The molecule has 1 rings (SSSR count). The van der Waals surface area contributed by atoms with Gasteiger partial charge >= 0.3 is 0 Å². The van der Waals surface area contributed by atoms with E-state index in [1.54, 1.807) is 6.26 Å². The molecule has 1 heterocycles. The molecule has 0 atom stereocenters. The third-order valence-corrected chi connectivity index (χ3v) is 5.96. The molecule has 0 spiro atoms. The number of allylic oxidation sites excluding steroid dienone is 1. The monoisotopic (exact) mass is 416 g/mol. The van der Waals surface area contributed by atoms with Crippen LogP contribution >= 0.6 is 0 Å². The predicted molar refractivity (Wildman–Crippen MR) is 131 cm³/mol. The van der Waals surface area contributed by atoms with Crippen LogP contribution in [0.1, 0.15) is 141 Å². The van der Waals surface area contributed by atoms with Crippen LogP contribution in [0.25, 0.3) is 6.08 Å². The summed E-state index contributed by atoms with van der Waals surface area (Å²) in [7, 11) is 0. The SMILES string of the molecule is CCCCCCCCCCCC(=O)CCCCCCCCCC/C=C/c1ccco1. The van der Waals surface area contributed by atoms with Gasteiger partial charge in [-0.3, -0.25) is 4.79 Å². The van der Waals surface area contributed by atoms with Gasteiger partial charge in [-0.1, -0.05) is 103 Å². The van der Waals surface area contributed by atoms with Crippen molar-refractivity contribution in [2.45, 2.75) is 135 Å². The Morgan fingerprint density at radius 3 is 1.73 bits per heavy atom. The average molecular weight is 417 g/mol. The molecule has 0 bridgehead atoms. The highest BCUT2D eigenvalue weighted by atomic mass is 16.3. The van der Waals surface area contributed by atoms with E-state index in [1.165, 1.54) is 96.3 Å². The van der Waals surface area contributed by atoms with E-state index in [0.29, 0.717) is 5.78 Å². The van der Waals surface area contributed by atoms with E-state index in [2.05, 4.69) is 19.1 Å². The third-order valence-electron chi connectivity index (χ3n) is 5.96. The van der Waals surface area contributed by atoms with Crippen molar-refractivity contribution in [2.24, 2.45) is 0 Å². The quantitative estimate of drug-likeness (QED) is 0.176. The van der Waals surface area contributed by atoms with Gasteiger partial charge in [0.1, 0.15) is 11.5 Å². The van der Waals surface area contributed by atoms with Crippen molar-refractivity contribution in [3.63, 3.8) is 0 Å². The smallest absolute Gasteiger partial charge is 0.132 e. The molecule has 0 N–H and O–H groups in total. The number of Topliss-reactive ketones (excluding diaryl/α,β-unsaturated/α-hetero) is 1. The van der Waals surface area contributed by atoms with E-state index >= 15 is 0 Å². The second-order valence-electron chi connectivity index (χ2n) is 8.90. The van der Waals surface area contributed by atoms with Crippen LogP contribution in [0, 0.1) is 0 Å². The molecule has 0 aliphatic heterocycles. The topological polar surface area (TPSA) is 30.2 Å². The van der Waals surface area contributed by atoms with Crippen molar-refractivity contribution in [1.82, 2.24) is 0 Å². The minimum Gasteiger partial charge on any atom is -0.465 e.